The molecule has 154 valence electrons. The summed E-state index contributed by atoms with van der Waals surface area (Å²) in [5.41, 5.74) is 7.01. The van der Waals surface area contributed by atoms with Gasteiger partial charge in [-0.05, 0) is 25.1 Å². The van der Waals surface area contributed by atoms with E-state index in [1.165, 1.54) is 0 Å². The molecule has 1 saturated heterocycles. The van der Waals surface area contributed by atoms with Crippen molar-refractivity contribution in [3.63, 3.8) is 0 Å². The summed E-state index contributed by atoms with van der Waals surface area (Å²) in [5, 5.41) is 3.48. The van der Waals surface area contributed by atoms with Crippen LogP contribution >= 0.6 is 0 Å². The maximum Gasteiger partial charge on any atom is 0.241 e. The summed E-state index contributed by atoms with van der Waals surface area (Å²) in [6, 6.07) is 2.62. The molecule has 0 saturated carbocycles. The van der Waals surface area contributed by atoms with Crippen molar-refractivity contribution in [3.8, 4) is 0 Å². The Balaban J connectivity index is 1.59. The van der Waals surface area contributed by atoms with Crippen molar-refractivity contribution >= 4 is 17.2 Å². The van der Waals surface area contributed by atoms with Gasteiger partial charge >= 0.3 is 0 Å². The molecule has 1 amide bonds. The van der Waals surface area contributed by atoms with Gasteiger partial charge in [-0.25, -0.2) is 0 Å². The summed E-state index contributed by atoms with van der Waals surface area (Å²) in [6.07, 6.45) is 7.77. The van der Waals surface area contributed by atoms with Crippen molar-refractivity contribution in [1.82, 2.24) is 15.2 Å². The molecule has 29 heavy (non-hydrogen) atoms. The number of allylic oxidation sites excluding steroid dienone is 3. The van der Waals surface area contributed by atoms with Crippen LogP contribution in [0.25, 0.3) is 5.57 Å². The Morgan fingerprint density at radius 1 is 1.45 bits per heavy atom. The molecule has 1 N–H and O–H groups in total. The number of carbonyl (C=O) groups excluding carboxylic acids is 1. The van der Waals surface area contributed by atoms with Gasteiger partial charge in [0.15, 0.2) is 0 Å². The molecule has 2 atom stereocenters. The van der Waals surface area contributed by atoms with Gasteiger partial charge in [0.2, 0.25) is 5.91 Å². The Kier molecular flexibility index (Phi) is 5.45. The van der Waals surface area contributed by atoms with Crippen LogP contribution in [0.15, 0.2) is 36.2 Å². The summed E-state index contributed by atoms with van der Waals surface area (Å²) in [5.74, 6) is 0.135. The van der Waals surface area contributed by atoms with Gasteiger partial charge in [-0.2, -0.15) is 0 Å². The van der Waals surface area contributed by atoms with Crippen molar-refractivity contribution in [2.75, 3.05) is 44.8 Å². The smallest absolute Gasteiger partial charge is 0.241 e. The van der Waals surface area contributed by atoms with E-state index >= 15 is 0 Å². The highest BCUT2D eigenvalue weighted by Gasteiger charge is 2.39. The average Bonchev–Trinajstić information content (AvgIpc) is 3.30. The predicted molar refractivity (Wildman–Crippen MR) is 115 cm³/mol. The van der Waals surface area contributed by atoms with Gasteiger partial charge in [-0.1, -0.05) is 19.9 Å². The number of aromatic nitrogens is 1. The minimum atomic E-state index is -0.116. The molecule has 1 aromatic rings. The van der Waals surface area contributed by atoms with Gasteiger partial charge in [0.1, 0.15) is 0 Å². The van der Waals surface area contributed by atoms with Gasteiger partial charge in [0, 0.05) is 61.6 Å². The zero-order valence-electron chi connectivity index (χ0n) is 17.7. The van der Waals surface area contributed by atoms with Crippen molar-refractivity contribution in [3.05, 3.63) is 47.5 Å². The Labute approximate surface area is 172 Å². The summed E-state index contributed by atoms with van der Waals surface area (Å²) in [4.78, 5) is 22.3. The minimum Gasteiger partial charge on any atom is -0.383 e. The molecule has 0 bridgehead atoms. The highest BCUT2D eigenvalue weighted by Crippen LogP contribution is 2.41. The van der Waals surface area contributed by atoms with Crippen molar-refractivity contribution in [1.29, 1.82) is 0 Å². The molecule has 0 aromatic carbocycles. The first-order chi connectivity index (χ1) is 13.9. The van der Waals surface area contributed by atoms with E-state index in [-0.39, 0.29) is 17.4 Å². The van der Waals surface area contributed by atoms with E-state index < -0.39 is 0 Å². The van der Waals surface area contributed by atoms with Gasteiger partial charge in [0.25, 0.3) is 0 Å². The number of fused-ring (bicyclic) bond motifs is 1. The molecule has 1 aliphatic carbocycles. The van der Waals surface area contributed by atoms with E-state index in [0.717, 1.165) is 35.6 Å². The fourth-order valence-corrected chi connectivity index (χ4v) is 4.46. The van der Waals surface area contributed by atoms with Crippen LogP contribution in [-0.2, 0) is 14.9 Å². The highest BCUT2D eigenvalue weighted by atomic mass is 16.5. The van der Waals surface area contributed by atoms with Crippen LogP contribution in [0.2, 0.25) is 0 Å². The van der Waals surface area contributed by atoms with Crippen LogP contribution in [0.5, 0.6) is 0 Å². The van der Waals surface area contributed by atoms with Crippen LogP contribution in [0.3, 0.4) is 0 Å². The molecule has 0 unspecified atom stereocenters. The molecule has 1 aromatic heterocycles. The summed E-state index contributed by atoms with van der Waals surface area (Å²) >= 11 is 0. The van der Waals surface area contributed by atoms with Crippen molar-refractivity contribution < 1.29 is 9.53 Å². The maximum atomic E-state index is 13.4. The van der Waals surface area contributed by atoms with Crippen LogP contribution in [-0.4, -0.2) is 67.8 Å². The van der Waals surface area contributed by atoms with Gasteiger partial charge in [0.05, 0.1) is 24.5 Å². The number of hydrogen-bond acceptors (Lipinski definition) is 5. The SMILES string of the molecule is COC[C@H]1CN[C@H](C)CN1CC(=O)N1CC(C)(C)c2cnc(C3=C=CC=C3)cc21. The fourth-order valence-electron chi connectivity index (χ4n) is 4.46. The number of ether oxygens (including phenoxy) is 1. The van der Waals surface area contributed by atoms with E-state index in [4.69, 9.17) is 4.74 Å². The summed E-state index contributed by atoms with van der Waals surface area (Å²) in [6.45, 7) is 9.88. The molecular formula is C23H30N4O2. The average molecular weight is 395 g/mol. The summed E-state index contributed by atoms with van der Waals surface area (Å²) < 4.78 is 5.38. The lowest BCUT2D eigenvalue weighted by atomic mass is 9.88. The van der Waals surface area contributed by atoms with Gasteiger partial charge in [-0.3, -0.25) is 14.7 Å². The molecule has 6 nitrogen and oxygen atoms in total. The Morgan fingerprint density at radius 3 is 3.00 bits per heavy atom. The highest BCUT2D eigenvalue weighted by molar-refractivity contribution is 5.98. The first-order valence-corrected chi connectivity index (χ1v) is 10.3. The molecule has 1 fully saturated rings. The van der Waals surface area contributed by atoms with E-state index in [1.807, 2.05) is 35.4 Å². The lowest BCUT2D eigenvalue weighted by Gasteiger charge is -2.39. The van der Waals surface area contributed by atoms with E-state index in [1.54, 1.807) is 7.11 Å². The Hall–Kier alpha value is -2.24. The molecule has 0 spiro atoms. The van der Waals surface area contributed by atoms with E-state index in [0.29, 0.717) is 25.7 Å². The lowest BCUT2D eigenvalue weighted by Crippen LogP contribution is -2.59. The van der Waals surface area contributed by atoms with E-state index in [9.17, 15) is 4.79 Å². The third kappa shape index (κ3) is 3.94. The Bertz CT molecular complexity index is 898. The number of hydrogen-bond donors (Lipinski definition) is 1. The second-order valence-electron chi connectivity index (χ2n) is 8.88. The number of pyridine rings is 1. The van der Waals surface area contributed by atoms with Gasteiger partial charge < -0.3 is 15.0 Å². The van der Waals surface area contributed by atoms with Crippen LogP contribution in [0.1, 0.15) is 32.0 Å². The second-order valence-corrected chi connectivity index (χ2v) is 8.88. The number of methoxy groups -OCH3 is 1. The molecule has 0 radical (unpaired) electrons. The first kappa shape index (κ1) is 20.0. The second kappa shape index (κ2) is 7.88. The summed E-state index contributed by atoms with van der Waals surface area (Å²) in [7, 11) is 1.71. The predicted octanol–water partition coefficient (Wildman–Crippen LogP) is 2.12. The van der Waals surface area contributed by atoms with Crippen LogP contribution in [0.4, 0.5) is 5.69 Å². The fraction of sp³-hybridized carbons (Fsp3) is 0.522. The normalized spacial score (nSPS) is 25.4. The standard InChI is InChI=1S/C23H30N4O2/c1-16-12-26(18(10-24-16)14-29-4)13-22(28)27-15-23(2,3)19-11-25-20(9-21(19)27)17-7-5-6-8-17/h5-7,9,11,16,18,24H,10,12-15H2,1-4H3/t16-,18-/m1/s1. The van der Waals surface area contributed by atoms with E-state index in [2.05, 4.69) is 41.7 Å². The number of nitrogens with one attached hydrogen (secondary N) is 1. The third-order valence-corrected chi connectivity index (χ3v) is 6.05. The number of carbonyl (C=O) groups is 1. The molecular weight excluding hydrogens is 364 g/mol. The molecule has 3 heterocycles. The molecule has 2 aliphatic heterocycles. The lowest BCUT2D eigenvalue weighted by molar-refractivity contribution is -0.121. The maximum absolute atomic E-state index is 13.4. The molecule has 6 heteroatoms. The molecule has 4 rings (SSSR count). The van der Waals surface area contributed by atoms with Crippen molar-refractivity contribution in [2.45, 2.75) is 38.3 Å². The zero-order valence-corrected chi connectivity index (χ0v) is 17.7. The number of nitrogens with zero attached hydrogens (tertiary/aromatic N) is 3. The number of amides is 1. The van der Waals surface area contributed by atoms with Crippen LogP contribution in [0, 0.1) is 0 Å². The van der Waals surface area contributed by atoms with Crippen LogP contribution < -0.4 is 10.2 Å². The Morgan fingerprint density at radius 2 is 2.28 bits per heavy atom. The quantitative estimate of drug-likeness (QED) is 0.776. The monoisotopic (exact) mass is 394 g/mol. The third-order valence-electron chi connectivity index (χ3n) is 6.05. The van der Waals surface area contributed by atoms with Gasteiger partial charge in [-0.15, -0.1) is 5.73 Å². The number of anilines is 1. The number of piperazine rings is 1. The minimum absolute atomic E-state index is 0.116. The topological polar surface area (TPSA) is 57.7 Å². The van der Waals surface area contributed by atoms with Crippen molar-refractivity contribution in [2.24, 2.45) is 0 Å². The largest absolute Gasteiger partial charge is 0.383 e. The molecule has 3 aliphatic rings. The first-order valence-electron chi connectivity index (χ1n) is 10.3. The number of rotatable bonds is 5. The zero-order chi connectivity index (χ0) is 20.6.